The number of pyridine rings is 1. The molecule has 2 rings (SSSR count). The molecule has 3 nitrogen and oxygen atoms in total. The van der Waals surface area contributed by atoms with Crippen LogP contribution in [0.25, 0.3) is 0 Å². The van der Waals surface area contributed by atoms with E-state index in [4.69, 9.17) is 21.1 Å². The quantitative estimate of drug-likeness (QED) is 0.795. The number of methoxy groups -OCH3 is 1. The normalized spacial score (nSPS) is 10.2. The second kappa shape index (κ2) is 5.69. The summed E-state index contributed by atoms with van der Waals surface area (Å²) >= 11 is 5.89. The summed E-state index contributed by atoms with van der Waals surface area (Å²) in [5.74, 6) is 0.0988. The van der Waals surface area contributed by atoms with Crippen molar-refractivity contribution in [2.75, 3.05) is 7.11 Å². The first kappa shape index (κ1) is 12.6. The Bertz CT molecular complexity index is 548. The first-order valence-electron chi connectivity index (χ1n) is 5.26. The molecule has 0 saturated heterocycles. The van der Waals surface area contributed by atoms with Crippen LogP contribution >= 0.6 is 11.6 Å². The van der Waals surface area contributed by atoms with Crippen molar-refractivity contribution < 1.29 is 13.9 Å². The highest BCUT2D eigenvalue weighted by atomic mass is 35.5. The Morgan fingerprint density at radius 2 is 2.11 bits per heavy atom. The average Bonchev–Trinajstić information content (AvgIpc) is 2.38. The monoisotopic (exact) mass is 267 g/mol. The fourth-order valence-electron chi connectivity index (χ4n) is 1.49. The van der Waals surface area contributed by atoms with Gasteiger partial charge in [-0.15, -0.1) is 0 Å². The van der Waals surface area contributed by atoms with Gasteiger partial charge in [0.15, 0.2) is 5.75 Å². The van der Waals surface area contributed by atoms with E-state index in [2.05, 4.69) is 4.98 Å². The molecule has 0 aliphatic carbocycles. The van der Waals surface area contributed by atoms with Gasteiger partial charge in [-0.1, -0.05) is 11.6 Å². The lowest BCUT2D eigenvalue weighted by molar-refractivity contribution is 0.278. The van der Waals surface area contributed by atoms with Crippen LogP contribution in [0.3, 0.4) is 0 Å². The fraction of sp³-hybridized carbons (Fsp3) is 0.154. The van der Waals surface area contributed by atoms with Crippen LogP contribution in [0, 0.1) is 5.95 Å². The standard InChI is InChI=1S/C13H11ClFNO2/c1-17-11-5-4-10(14)7-9(11)8-18-12-3-2-6-16-13(12)15/h2-7H,8H2,1H3. The van der Waals surface area contributed by atoms with E-state index in [1.165, 1.54) is 12.3 Å². The Hall–Kier alpha value is -1.81. The van der Waals surface area contributed by atoms with Gasteiger partial charge in [0, 0.05) is 16.8 Å². The van der Waals surface area contributed by atoms with Crippen molar-refractivity contribution in [3.63, 3.8) is 0 Å². The summed E-state index contributed by atoms with van der Waals surface area (Å²) in [5, 5.41) is 0.570. The third-order valence-corrected chi connectivity index (χ3v) is 2.59. The minimum atomic E-state index is -0.640. The van der Waals surface area contributed by atoms with Crippen molar-refractivity contribution in [2.45, 2.75) is 6.61 Å². The molecule has 0 amide bonds. The van der Waals surface area contributed by atoms with Crippen molar-refractivity contribution in [3.8, 4) is 11.5 Å². The predicted octanol–water partition coefficient (Wildman–Crippen LogP) is 3.46. The van der Waals surface area contributed by atoms with Gasteiger partial charge in [-0.05, 0) is 30.3 Å². The van der Waals surface area contributed by atoms with Crippen molar-refractivity contribution in [1.29, 1.82) is 0 Å². The van der Waals surface area contributed by atoms with Gasteiger partial charge in [0.1, 0.15) is 12.4 Å². The number of rotatable bonds is 4. The SMILES string of the molecule is COc1ccc(Cl)cc1COc1cccnc1F. The average molecular weight is 268 g/mol. The molecule has 18 heavy (non-hydrogen) atoms. The predicted molar refractivity (Wildman–Crippen MR) is 66.5 cm³/mol. The minimum absolute atomic E-state index is 0.0968. The number of hydrogen-bond donors (Lipinski definition) is 0. The summed E-state index contributed by atoms with van der Waals surface area (Å²) in [6, 6.07) is 8.29. The lowest BCUT2D eigenvalue weighted by atomic mass is 10.2. The zero-order chi connectivity index (χ0) is 13.0. The number of hydrogen-bond acceptors (Lipinski definition) is 3. The van der Waals surface area contributed by atoms with Crippen molar-refractivity contribution in [1.82, 2.24) is 4.98 Å². The van der Waals surface area contributed by atoms with E-state index in [9.17, 15) is 4.39 Å². The molecule has 1 aromatic carbocycles. The first-order valence-corrected chi connectivity index (χ1v) is 5.64. The fourth-order valence-corrected chi connectivity index (χ4v) is 1.69. The van der Waals surface area contributed by atoms with Gasteiger partial charge in [-0.2, -0.15) is 4.39 Å². The van der Waals surface area contributed by atoms with Crippen molar-refractivity contribution >= 4 is 11.6 Å². The molecular weight excluding hydrogens is 257 g/mol. The molecule has 0 aliphatic rings. The zero-order valence-corrected chi connectivity index (χ0v) is 10.4. The summed E-state index contributed by atoms with van der Waals surface area (Å²) in [6.45, 7) is 0.159. The van der Waals surface area contributed by atoms with E-state index in [1.807, 2.05) is 0 Å². The lowest BCUT2D eigenvalue weighted by Gasteiger charge is -2.10. The molecule has 0 atom stereocenters. The molecule has 1 heterocycles. The third-order valence-electron chi connectivity index (χ3n) is 2.35. The van der Waals surface area contributed by atoms with Crippen LogP contribution in [0.15, 0.2) is 36.5 Å². The Labute approximate surface area is 109 Å². The van der Waals surface area contributed by atoms with E-state index < -0.39 is 5.95 Å². The molecule has 94 valence electrons. The molecule has 0 bridgehead atoms. The molecule has 0 saturated carbocycles. The second-order valence-corrected chi connectivity index (χ2v) is 3.97. The molecule has 5 heteroatoms. The second-order valence-electron chi connectivity index (χ2n) is 3.54. The van der Waals surface area contributed by atoms with Gasteiger partial charge >= 0.3 is 0 Å². The molecule has 0 spiro atoms. The topological polar surface area (TPSA) is 31.4 Å². The van der Waals surface area contributed by atoms with Gasteiger partial charge in [0.2, 0.25) is 0 Å². The molecule has 1 aromatic heterocycles. The van der Waals surface area contributed by atoms with Gasteiger partial charge in [-0.25, -0.2) is 4.98 Å². The molecule has 2 aromatic rings. The Balaban J connectivity index is 2.15. The third kappa shape index (κ3) is 2.90. The Morgan fingerprint density at radius 3 is 2.83 bits per heavy atom. The van der Waals surface area contributed by atoms with Crippen LogP contribution in [0.2, 0.25) is 5.02 Å². The smallest absolute Gasteiger partial charge is 0.255 e. The van der Waals surface area contributed by atoms with Gasteiger partial charge in [-0.3, -0.25) is 0 Å². The van der Waals surface area contributed by atoms with Crippen LogP contribution in [-0.2, 0) is 6.61 Å². The summed E-state index contributed by atoms with van der Waals surface area (Å²) < 4.78 is 23.8. The maximum atomic E-state index is 13.3. The van der Waals surface area contributed by atoms with Crippen LogP contribution in [0.4, 0.5) is 4.39 Å². The van der Waals surface area contributed by atoms with Crippen molar-refractivity contribution in [2.24, 2.45) is 0 Å². The maximum Gasteiger partial charge on any atom is 0.255 e. The van der Waals surface area contributed by atoms with Crippen LogP contribution in [0.5, 0.6) is 11.5 Å². The van der Waals surface area contributed by atoms with E-state index in [1.54, 1.807) is 31.4 Å². The van der Waals surface area contributed by atoms with E-state index in [0.717, 1.165) is 5.56 Å². The van der Waals surface area contributed by atoms with Gasteiger partial charge in [0.25, 0.3) is 5.95 Å². The summed E-state index contributed by atoms with van der Waals surface area (Å²) in [5.41, 5.74) is 0.744. The molecular formula is C13H11ClFNO2. The highest BCUT2D eigenvalue weighted by Crippen LogP contribution is 2.24. The van der Waals surface area contributed by atoms with Crippen LogP contribution in [0.1, 0.15) is 5.56 Å². The Morgan fingerprint density at radius 1 is 1.28 bits per heavy atom. The van der Waals surface area contributed by atoms with Gasteiger partial charge < -0.3 is 9.47 Å². The zero-order valence-electron chi connectivity index (χ0n) is 9.69. The van der Waals surface area contributed by atoms with Crippen LogP contribution < -0.4 is 9.47 Å². The van der Waals surface area contributed by atoms with E-state index in [0.29, 0.717) is 10.8 Å². The van der Waals surface area contributed by atoms with Crippen molar-refractivity contribution in [3.05, 3.63) is 53.1 Å². The number of benzene rings is 1. The minimum Gasteiger partial charge on any atom is -0.496 e. The van der Waals surface area contributed by atoms with E-state index >= 15 is 0 Å². The summed E-state index contributed by atoms with van der Waals surface area (Å²) in [6.07, 6.45) is 1.36. The molecule has 0 fully saturated rings. The lowest BCUT2D eigenvalue weighted by Crippen LogP contribution is -2.00. The first-order chi connectivity index (χ1) is 8.70. The summed E-state index contributed by atoms with van der Waals surface area (Å²) in [4.78, 5) is 3.50. The maximum absolute atomic E-state index is 13.3. The summed E-state index contributed by atoms with van der Waals surface area (Å²) in [7, 11) is 1.55. The number of aromatic nitrogens is 1. The highest BCUT2D eigenvalue weighted by Gasteiger charge is 2.07. The largest absolute Gasteiger partial charge is 0.496 e. The molecule has 0 radical (unpaired) electrons. The van der Waals surface area contributed by atoms with E-state index in [-0.39, 0.29) is 12.4 Å². The molecule has 0 aliphatic heterocycles. The number of ether oxygens (including phenoxy) is 2. The highest BCUT2D eigenvalue weighted by molar-refractivity contribution is 6.30. The molecule has 0 N–H and O–H groups in total. The van der Waals surface area contributed by atoms with Gasteiger partial charge in [0.05, 0.1) is 7.11 Å². The Kier molecular flexibility index (Phi) is 3.99. The number of nitrogens with zero attached hydrogens (tertiary/aromatic N) is 1. The van der Waals surface area contributed by atoms with Crippen LogP contribution in [-0.4, -0.2) is 12.1 Å². The number of halogens is 2. The molecule has 0 unspecified atom stereocenters.